The Morgan fingerprint density at radius 2 is 2.00 bits per heavy atom. The minimum Gasteiger partial charge on any atom is -0.381 e. The minimum absolute atomic E-state index is 0.379. The fourth-order valence-corrected chi connectivity index (χ4v) is 2.05. The average molecular weight is 255 g/mol. The van der Waals surface area contributed by atoms with E-state index in [1.165, 1.54) is 0 Å². The van der Waals surface area contributed by atoms with Crippen molar-refractivity contribution in [2.24, 2.45) is 0 Å². The topological polar surface area (TPSA) is 58.4 Å². The molecule has 1 fully saturated rings. The van der Waals surface area contributed by atoms with Crippen LogP contribution in [0, 0.1) is 0 Å². The Hall–Kier alpha value is -0.980. The van der Waals surface area contributed by atoms with Crippen LogP contribution in [0.5, 0.6) is 0 Å². The molecule has 2 rings (SSSR count). The van der Waals surface area contributed by atoms with Crippen molar-refractivity contribution >= 4 is 0 Å². The van der Waals surface area contributed by atoms with Gasteiger partial charge in [0, 0.05) is 26.4 Å². The smallest absolute Gasteiger partial charge is 0.204 e. The Kier molecular flexibility index (Phi) is 5.10. The van der Waals surface area contributed by atoms with Gasteiger partial charge in [-0.15, -0.1) is 5.10 Å². The van der Waals surface area contributed by atoms with Gasteiger partial charge in [-0.05, 0) is 26.7 Å². The van der Waals surface area contributed by atoms with E-state index in [0.717, 1.165) is 31.7 Å². The van der Waals surface area contributed by atoms with Crippen molar-refractivity contribution in [3.8, 4) is 0 Å². The van der Waals surface area contributed by atoms with Gasteiger partial charge in [-0.2, -0.15) is 0 Å². The molecule has 0 spiro atoms. The second kappa shape index (κ2) is 6.82. The first kappa shape index (κ1) is 13.5. The number of hydrogen-bond acceptors (Lipinski definition) is 5. The molecule has 2 heterocycles. The van der Waals surface area contributed by atoms with Crippen LogP contribution < -0.4 is 0 Å². The molecule has 1 aliphatic heterocycles. The minimum atomic E-state index is -0.409. The van der Waals surface area contributed by atoms with Gasteiger partial charge in [0.2, 0.25) is 6.29 Å². The fourth-order valence-electron chi connectivity index (χ4n) is 2.05. The quantitative estimate of drug-likeness (QED) is 0.724. The number of nitrogens with zero attached hydrogens (tertiary/aromatic N) is 3. The van der Waals surface area contributed by atoms with Gasteiger partial charge >= 0.3 is 0 Å². The maximum Gasteiger partial charge on any atom is 0.204 e. The fraction of sp³-hybridized carbons (Fsp3) is 0.833. The van der Waals surface area contributed by atoms with Crippen molar-refractivity contribution in [2.75, 3.05) is 26.4 Å². The van der Waals surface area contributed by atoms with Gasteiger partial charge in [-0.1, -0.05) is 5.21 Å². The first-order chi connectivity index (χ1) is 8.85. The van der Waals surface area contributed by atoms with Crippen molar-refractivity contribution in [3.05, 3.63) is 11.9 Å². The van der Waals surface area contributed by atoms with Crippen LogP contribution in [-0.4, -0.2) is 41.4 Å². The van der Waals surface area contributed by atoms with E-state index in [1.807, 2.05) is 24.7 Å². The van der Waals surface area contributed by atoms with E-state index >= 15 is 0 Å². The van der Waals surface area contributed by atoms with E-state index in [2.05, 4.69) is 10.3 Å². The summed E-state index contributed by atoms with van der Waals surface area (Å²) in [5.41, 5.74) is 0.741. The van der Waals surface area contributed by atoms with E-state index in [9.17, 15) is 0 Å². The van der Waals surface area contributed by atoms with Crippen LogP contribution in [0.15, 0.2) is 6.20 Å². The van der Waals surface area contributed by atoms with Crippen LogP contribution in [0.3, 0.4) is 0 Å². The summed E-state index contributed by atoms with van der Waals surface area (Å²) in [4.78, 5) is 0. The molecule has 1 saturated heterocycles. The van der Waals surface area contributed by atoms with Gasteiger partial charge in [0.05, 0.1) is 12.2 Å². The van der Waals surface area contributed by atoms with Crippen molar-refractivity contribution < 1.29 is 14.2 Å². The lowest BCUT2D eigenvalue weighted by Gasteiger charge is -2.21. The van der Waals surface area contributed by atoms with Crippen LogP contribution in [0.25, 0.3) is 0 Å². The number of hydrogen-bond donors (Lipinski definition) is 0. The Balaban J connectivity index is 2.02. The summed E-state index contributed by atoms with van der Waals surface area (Å²) in [6.07, 6.45) is 3.48. The van der Waals surface area contributed by atoms with Crippen molar-refractivity contribution in [2.45, 2.75) is 39.0 Å². The molecule has 1 aromatic rings. The molecule has 0 radical (unpaired) electrons. The van der Waals surface area contributed by atoms with Crippen LogP contribution in [-0.2, 0) is 14.2 Å². The van der Waals surface area contributed by atoms with Crippen molar-refractivity contribution in [3.63, 3.8) is 0 Å². The summed E-state index contributed by atoms with van der Waals surface area (Å²) in [5.74, 6) is 0. The second-order valence-electron chi connectivity index (χ2n) is 4.21. The lowest BCUT2D eigenvalue weighted by atomic mass is 10.1. The summed E-state index contributed by atoms with van der Waals surface area (Å²) in [6, 6.07) is 0.379. The van der Waals surface area contributed by atoms with Gasteiger partial charge in [-0.25, -0.2) is 4.68 Å². The highest BCUT2D eigenvalue weighted by atomic mass is 16.7. The molecule has 6 nitrogen and oxygen atoms in total. The van der Waals surface area contributed by atoms with Gasteiger partial charge in [0.25, 0.3) is 0 Å². The van der Waals surface area contributed by atoms with Crippen molar-refractivity contribution in [1.82, 2.24) is 15.0 Å². The molecule has 0 N–H and O–H groups in total. The SMILES string of the molecule is CCOC(OCC)c1cn(C2CCOCC2)nn1. The molecular formula is C12H21N3O3. The Bertz CT molecular complexity index is 344. The Labute approximate surface area is 107 Å². The predicted octanol–water partition coefficient (Wildman–Crippen LogP) is 1.70. The van der Waals surface area contributed by atoms with Crippen LogP contribution >= 0.6 is 0 Å². The number of rotatable bonds is 6. The molecule has 18 heavy (non-hydrogen) atoms. The third-order valence-corrected chi connectivity index (χ3v) is 2.97. The molecule has 1 aromatic heterocycles. The van der Waals surface area contributed by atoms with Gasteiger partial charge in [0.15, 0.2) is 0 Å². The summed E-state index contributed by atoms with van der Waals surface area (Å²) >= 11 is 0. The number of aromatic nitrogens is 3. The lowest BCUT2D eigenvalue weighted by molar-refractivity contribution is -0.142. The molecule has 102 valence electrons. The van der Waals surface area contributed by atoms with E-state index in [4.69, 9.17) is 14.2 Å². The van der Waals surface area contributed by atoms with Gasteiger partial charge < -0.3 is 14.2 Å². The monoisotopic (exact) mass is 255 g/mol. The van der Waals surface area contributed by atoms with Crippen LogP contribution in [0.1, 0.15) is 44.7 Å². The molecule has 0 atom stereocenters. The highest BCUT2D eigenvalue weighted by molar-refractivity contribution is 4.96. The van der Waals surface area contributed by atoms with Crippen LogP contribution in [0.4, 0.5) is 0 Å². The standard InChI is InChI=1S/C12H21N3O3/c1-3-17-12(18-4-2)11-9-15(14-13-11)10-5-7-16-8-6-10/h9-10,12H,3-8H2,1-2H3. The first-order valence-electron chi connectivity index (χ1n) is 6.57. The molecular weight excluding hydrogens is 234 g/mol. The zero-order valence-electron chi connectivity index (χ0n) is 11.0. The molecule has 0 saturated carbocycles. The average Bonchev–Trinajstić information content (AvgIpc) is 2.89. The Morgan fingerprint density at radius 1 is 1.33 bits per heavy atom. The highest BCUT2D eigenvalue weighted by Crippen LogP contribution is 2.22. The van der Waals surface area contributed by atoms with Gasteiger partial charge in [0.1, 0.15) is 5.69 Å². The molecule has 1 aliphatic rings. The van der Waals surface area contributed by atoms with E-state index in [1.54, 1.807) is 0 Å². The zero-order valence-corrected chi connectivity index (χ0v) is 11.0. The molecule has 0 aromatic carbocycles. The lowest BCUT2D eigenvalue weighted by Crippen LogP contribution is -2.20. The summed E-state index contributed by atoms with van der Waals surface area (Å²) < 4.78 is 18.3. The van der Waals surface area contributed by atoms with Crippen LogP contribution in [0.2, 0.25) is 0 Å². The van der Waals surface area contributed by atoms with E-state index in [0.29, 0.717) is 19.3 Å². The third kappa shape index (κ3) is 3.28. The summed E-state index contributed by atoms with van der Waals surface area (Å²) in [5, 5.41) is 8.33. The Morgan fingerprint density at radius 3 is 2.61 bits per heavy atom. The molecule has 0 bridgehead atoms. The van der Waals surface area contributed by atoms with Gasteiger partial charge in [-0.3, -0.25) is 0 Å². The maximum atomic E-state index is 5.51. The third-order valence-electron chi connectivity index (χ3n) is 2.97. The molecule has 0 aliphatic carbocycles. The van der Waals surface area contributed by atoms with E-state index < -0.39 is 6.29 Å². The predicted molar refractivity (Wildman–Crippen MR) is 65.1 cm³/mol. The molecule has 6 heteroatoms. The normalized spacial score (nSPS) is 17.5. The van der Waals surface area contributed by atoms with E-state index in [-0.39, 0.29) is 0 Å². The second-order valence-corrected chi connectivity index (χ2v) is 4.21. The largest absolute Gasteiger partial charge is 0.381 e. The summed E-state index contributed by atoms with van der Waals surface area (Å²) in [7, 11) is 0. The molecule has 0 amide bonds. The highest BCUT2D eigenvalue weighted by Gasteiger charge is 2.20. The maximum absolute atomic E-state index is 5.51. The zero-order chi connectivity index (χ0) is 12.8. The first-order valence-corrected chi connectivity index (χ1v) is 6.57. The summed E-state index contributed by atoms with van der Waals surface area (Å²) in [6.45, 7) is 6.65. The van der Waals surface area contributed by atoms with Crippen molar-refractivity contribution in [1.29, 1.82) is 0 Å². The molecule has 0 unspecified atom stereocenters. The number of ether oxygens (including phenoxy) is 3.